The minimum Gasteiger partial charge on any atom is -0.744 e. The van der Waals surface area contributed by atoms with Crippen molar-refractivity contribution in [2.24, 2.45) is 0 Å². The summed E-state index contributed by atoms with van der Waals surface area (Å²) in [5, 5.41) is 0.540. The number of anilines is 1. The molecule has 0 aromatic heterocycles. The van der Waals surface area contributed by atoms with Crippen LogP contribution in [0.15, 0.2) is 40.1 Å². The molecule has 6 N–H and O–H groups in total. The van der Waals surface area contributed by atoms with Crippen LogP contribution in [-0.2, 0) is 20.2 Å². The lowest BCUT2D eigenvalue weighted by Crippen LogP contribution is -2.04. The smallest absolute Gasteiger partial charge is 0.126 e. The van der Waals surface area contributed by atoms with Crippen molar-refractivity contribution < 1.29 is 25.9 Å². The molecule has 2 aromatic carbocycles. The minimum absolute atomic E-state index is 0. The number of hydrogen-bond acceptors (Lipinski definition) is 7. The number of rotatable bonds is 2. The second kappa shape index (κ2) is 5.00. The number of hydrogen-bond donors (Lipinski definition) is 2. The number of fused-ring (bicyclic) bond motifs is 1. The van der Waals surface area contributed by atoms with Gasteiger partial charge in [0.15, 0.2) is 0 Å². The van der Waals surface area contributed by atoms with Crippen LogP contribution in [0.2, 0.25) is 0 Å². The van der Waals surface area contributed by atoms with Crippen molar-refractivity contribution in [3.05, 3.63) is 30.3 Å². The van der Waals surface area contributed by atoms with Crippen molar-refractivity contribution in [1.82, 2.24) is 6.15 Å². The Balaban J connectivity index is 0.00000200. The second-order valence-electron chi connectivity index (χ2n) is 3.81. The number of nitrogens with two attached hydrogens (primary N) is 1. The first-order valence-electron chi connectivity index (χ1n) is 4.84. The quantitative estimate of drug-likeness (QED) is 0.601. The molecule has 2 rings (SSSR count). The lowest BCUT2D eigenvalue weighted by molar-refractivity contribution is 0.461. The van der Waals surface area contributed by atoms with Crippen molar-refractivity contribution in [3.63, 3.8) is 0 Å². The van der Waals surface area contributed by atoms with E-state index in [9.17, 15) is 25.9 Å². The van der Waals surface area contributed by atoms with E-state index in [2.05, 4.69) is 0 Å². The fraction of sp³-hybridized carbons (Fsp3) is 0. The summed E-state index contributed by atoms with van der Waals surface area (Å²) in [6.07, 6.45) is 0. The van der Waals surface area contributed by atoms with Gasteiger partial charge in [0, 0.05) is 5.69 Å². The summed E-state index contributed by atoms with van der Waals surface area (Å²) >= 11 is 0. The number of nitrogen functional groups attached to an aromatic ring is 1. The molecule has 0 spiro atoms. The molecule has 0 atom stereocenters. The molecule has 0 aliphatic carbocycles. The van der Waals surface area contributed by atoms with E-state index in [1.54, 1.807) is 0 Å². The Morgan fingerprint density at radius 2 is 1.45 bits per heavy atom. The normalized spacial score (nSPS) is 12.1. The van der Waals surface area contributed by atoms with E-state index in [4.69, 9.17) is 5.73 Å². The monoisotopic (exact) mass is 319 g/mol. The molecule has 2 aromatic rings. The predicted octanol–water partition coefficient (Wildman–Crippen LogP) is 0.606. The summed E-state index contributed by atoms with van der Waals surface area (Å²) in [5.74, 6) is 0. The molecule has 0 saturated carbocycles. The molecule has 0 saturated heterocycles. The van der Waals surface area contributed by atoms with Crippen LogP contribution in [0, 0.1) is 0 Å². The highest BCUT2D eigenvalue weighted by molar-refractivity contribution is 7.86. The highest BCUT2D eigenvalue weighted by Gasteiger charge is 2.10. The van der Waals surface area contributed by atoms with Gasteiger partial charge < -0.3 is 21.0 Å². The van der Waals surface area contributed by atoms with E-state index in [1.165, 1.54) is 12.1 Å². The third-order valence-electron chi connectivity index (χ3n) is 2.50. The molecule has 0 heterocycles. The van der Waals surface area contributed by atoms with Gasteiger partial charge in [-0.3, -0.25) is 0 Å². The summed E-state index contributed by atoms with van der Waals surface area (Å²) in [5.41, 5.74) is 5.20. The van der Waals surface area contributed by atoms with Gasteiger partial charge in [-0.1, -0.05) is 6.07 Å². The first kappa shape index (κ1) is 16.3. The maximum absolute atomic E-state index is 11.0. The van der Waals surface area contributed by atoms with Crippen LogP contribution < -0.4 is 11.9 Å². The average molecular weight is 319 g/mol. The van der Waals surface area contributed by atoms with Crippen molar-refractivity contribution in [2.45, 2.75) is 9.79 Å². The highest BCUT2D eigenvalue weighted by Crippen LogP contribution is 2.27. The molecule has 110 valence electrons. The van der Waals surface area contributed by atoms with Crippen molar-refractivity contribution in [2.75, 3.05) is 5.73 Å². The second-order valence-corrected chi connectivity index (χ2v) is 6.53. The Morgan fingerprint density at radius 3 is 1.95 bits per heavy atom. The van der Waals surface area contributed by atoms with Crippen LogP contribution >= 0.6 is 0 Å². The zero-order valence-corrected chi connectivity index (χ0v) is 11.9. The van der Waals surface area contributed by atoms with Crippen molar-refractivity contribution in [1.29, 1.82) is 0 Å². The Labute approximate surface area is 115 Å². The molecule has 0 aliphatic rings. The van der Waals surface area contributed by atoms with Gasteiger partial charge >= 0.3 is 0 Å². The minimum atomic E-state index is -4.78. The molecule has 20 heavy (non-hydrogen) atoms. The summed E-state index contributed by atoms with van der Waals surface area (Å²) in [6.45, 7) is 0. The molecule has 0 radical (unpaired) electrons. The van der Waals surface area contributed by atoms with Crippen LogP contribution in [0.25, 0.3) is 10.8 Å². The molecule has 0 bridgehead atoms. The Bertz CT molecular complexity index is 874. The zero-order chi connectivity index (χ0) is 14.4. The third-order valence-corrected chi connectivity index (χ3v) is 4.22. The van der Waals surface area contributed by atoms with Crippen LogP contribution in [0.3, 0.4) is 0 Å². The molecule has 8 nitrogen and oxygen atoms in total. The molecule has 10 heteroatoms. The summed E-state index contributed by atoms with van der Waals surface area (Å²) < 4.78 is 65.5. The van der Waals surface area contributed by atoms with E-state index < -0.39 is 30.0 Å². The zero-order valence-electron chi connectivity index (χ0n) is 10.2. The highest BCUT2D eigenvalue weighted by atomic mass is 32.2. The average Bonchev–Trinajstić information content (AvgIpc) is 2.24. The molecular formula is C10H11N2O6S2-. The number of quaternary nitrogens is 1. The lowest BCUT2D eigenvalue weighted by atomic mass is 10.1. The summed E-state index contributed by atoms with van der Waals surface area (Å²) in [6, 6.07) is 5.54. The lowest BCUT2D eigenvalue weighted by Gasteiger charge is -2.13. The fourth-order valence-corrected chi connectivity index (χ4v) is 2.77. The summed E-state index contributed by atoms with van der Waals surface area (Å²) in [7, 11) is -9.44. The maximum atomic E-state index is 11.0. The standard InChI is InChI=1S/C10H9NO6S2.H3N/c11-9-4-6-1-2-8(18(12,13)14)3-7(6)5-10(9)19(15,16)17;/h1-5H,11H2,(H,12,13,14)(H,15,16,17);1H3/p-1. The van der Waals surface area contributed by atoms with Gasteiger partial charge in [0.2, 0.25) is 0 Å². The largest absolute Gasteiger partial charge is 0.744 e. The van der Waals surface area contributed by atoms with Crippen molar-refractivity contribution in [3.8, 4) is 0 Å². The molecule has 0 fully saturated rings. The van der Waals surface area contributed by atoms with Gasteiger partial charge in [0.1, 0.15) is 20.2 Å². The summed E-state index contributed by atoms with van der Waals surface area (Å²) in [4.78, 5) is -1.17. The number of benzene rings is 2. The van der Waals surface area contributed by atoms with E-state index in [-0.39, 0.29) is 17.2 Å². The maximum Gasteiger partial charge on any atom is 0.126 e. The first-order chi connectivity index (χ1) is 8.59. The first-order valence-corrected chi connectivity index (χ1v) is 7.66. The van der Waals surface area contributed by atoms with Crippen molar-refractivity contribution >= 4 is 36.7 Å². The Morgan fingerprint density at radius 1 is 0.850 bits per heavy atom. The van der Waals surface area contributed by atoms with Gasteiger partial charge in [-0.15, -0.1) is 0 Å². The van der Waals surface area contributed by atoms with Crippen LogP contribution in [0.1, 0.15) is 0 Å². The van der Waals surface area contributed by atoms with Gasteiger partial charge in [-0.2, -0.15) is 0 Å². The van der Waals surface area contributed by atoms with E-state index in [0.29, 0.717) is 5.39 Å². The van der Waals surface area contributed by atoms with Gasteiger partial charge in [0.05, 0.1) is 9.79 Å². The van der Waals surface area contributed by atoms with Gasteiger partial charge in [-0.25, -0.2) is 16.8 Å². The molecular weight excluding hydrogens is 308 g/mol. The van der Waals surface area contributed by atoms with E-state index >= 15 is 0 Å². The molecule has 0 amide bonds. The van der Waals surface area contributed by atoms with Gasteiger partial charge in [0.25, 0.3) is 0 Å². The Kier molecular flexibility index (Phi) is 4.08. The fourth-order valence-electron chi connectivity index (χ4n) is 1.64. The third kappa shape index (κ3) is 3.05. The van der Waals surface area contributed by atoms with E-state index in [0.717, 1.165) is 18.2 Å². The van der Waals surface area contributed by atoms with Gasteiger partial charge in [-0.05, 0) is 35.0 Å². The SMILES string of the molecule is Nc1cc2ccc(S(=O)(=O)[O-])cc2cc1S(=O)(=O)[O-].[NH4+]. The van der Waals surface area contributed by atoms with Crippen LogP contribution in [0.5, 0.6) is 0 Å². The molecule has 0 aliphatic heterocycles. The predicted molar refractivity (Wildman–Crippen MR) is 70.3 cm³/mol. The topological polar surface area (TPSA) is 177 Å². The van der Waals surface area contributed by atoms with Crippen LogP contribution in [0.4, 0.5) is 5.69 Å². The van der Waals surface area contributed by atoms with E-state index in [1.807, 2.05) is 0 Å². The van der Waals surface area contributed by atoms with Crippen LogP contribution in [-0.4, -0.2) is 25.9 Å². The Hall–Kier alpha value is -1.72. The molecule has 0 unspecified atom stereocenters.